The Bertz CT molecular complexity index is 369. The summed E-state index contributed by atoms with van der Waals surface area (Å²) in [6, 6.07) is 1.19. The van der Waals surface area contributed by atoms with Gasteiger partial charge in [-0.25, -0.2) is 0 Å². The van der Waals surface area contributed by atoms with Gasteiger partial charge in [0.15, 0.2) is 0 Å². The highest BCUT2D eigenvalue weighted by Crippen LogP contribution is 2.25. The van der Waals surface area contributed by atoms with Crippen LogP contribution in [0.2, 0.25) is 0 Å². The average molecular weight is 294 g/mol. The van der Waals surface area contributed by atoms with E-state index in [0.717, 1.165) is 39.3 Å². The van der Waals surface area contributed by atoms with E-state index in [1.807, 2.05) is 4.90 Å². The second-order valence-electron chi connectivity index (χ2n) is 6.94. The molecule has 1 N–H and O–H groups in total. The van der Waals surface area contributed by atoms with Crippen molar-refractivity contribution in [2.24, 2.45) is 0 Å². The molecule has 0 aromatic heterocycles. The largest absolute Gasteiger partial charge is 0.339 e. The van der Waals surface area contributed by atoms with Crippen molar-refractivity contribution in [2.45, 2.75) is 51.2 Å². The summed E-state index contributed by atoms with van der Waals surface area (Å²) in [6.45, 7) is 11.4. The van der Waals surface area contributed by atoms with Crippen LogP contribution in [-0.2, 0) is 4.79 Å². The molecule has 5 heteroatoms. The lowest BCUT2D eigenvalue weighted by atomic mass is 9.96. The van der Waals surface area contributed by atoms with E-state index in [1.165, 1.54) is 25.8 Å². The van der Waals surface area contributed by atoms with Gasteiger partial charge in [0, 0.05) is 51.4 Å². The van der Waals surface area contributed by atoms with Crippen molar-refractivity contribution in [1.82, 2.24) is 20.0 Å². The van der Waals surface area contributed by atoms with E-state index < -0.39 is 0 Å². The van der Waals surface area contributed by atoms with Crippen LogP contribution in [0.25, 0.3) is 0 Å². The SMILES string of the molecule is CC1CN2CCCCC2CN1C(C)C(=O)N1CCNCC1. The molecule has 0 spiro atoms. The zero-order valence-electron chi connectivity index (χ0n) is 13.6. The van der Waals surface area contributed by atoms with Gasteiger partial charge in [-0.2, -0.15) is 0 Å². The van der Waals surface area contributed by atoms with Crippen molar-refractivity contribution in [3.63, 3.8) is 0 Å². The molecule has 0 saturated carbocycles. The van der Waals surface area contributed by atoms with Gasteiger partial charge in [0.2, 0.25) is 5.91 Å². The van der Waals surface area contributed by atoms with Gasteiger partial charge < -0.3 is 10.2 Å². The molecular weight excluding hydrogens is 264 g/mol. The molecule has 120 valence electrons. The zero-order chi connectivity index (χ0) is 14.8. The molecule has 3 aliphatic heterocycles. The van der Waals surface area contributed by atoms with E-state index in [-0.39, 0.29) is 6.04 Å². The van der Waals surface area contributed by atoms with Gasteiger partial charge in [-0.1, -0.05) is 6.42 Å². The molecule has 0 aliphatic carbocycles. The molecule has 3 atom stereocenters. The molecule has 3 fully saturated rings. The van der Waals surface area contributed by atoms with Crippen LogP contribution in [0.1, 0.15) is 33.1 Å². The van der Waals surface area contributed by atoms with Gasteiger partial charge >= 0.3 is 0 Å². The molecule has 3 rings (SSSR count). The number of fused-ring (bicyclic) bond motifs is 1. The minimum Gasteiger partial charge on any atom is -0.339 e. The third-order valence-corrected chi connectivity index (χ3v) is 5.52. The van der Waals surface area contributed by atoms with Gasteiger partial charge in [0.25, 0.3) is 0 Å². The molecule has 5 nitrogen and oxygen atoms in total. The van der Waals surface area contributed by atoms with Crippen molar-refractivity contribution < 1.29 is 4.79 Å². The first-order chi connectivity index (χ1) is 10.2. The summed E-state index contributed by atoms with van der Waals surface area (Å²) in [5.74, 6) is 0.326. The molecule has 3 aliphatic rings. The predicted molar refractivity (Wildman–Crippen MR) is 84.3 cm³/mol. The number of carbonyl (C=O) groups is 1. The number of nitrogens with zero attached hydrogens (tertiary/aromatic N) is 3. The molecule has 0 aromatic rings. The summed E-state index contributed by atoms with van der Waals surface area (Å²) >= 11 is 0. The van der Waals surface area contributed by atoms with Crippen molar-refractivity contribution >= 4 is 5.91 Å². The fourth-order valence-corrected chi connectivity index (χ4v) is 4.21. The number of hydrogen-bond acceptors (Lipinski definition) is 4. The van der Waals surface area contributed by atoms with Crippen molar-refractivity contribution in [3.8, 4) is 0 Å². The Morgan fingerprint density at radius 1 is 1.14 bits per heavy atom. The van der Waals surface area contributed by atoms with Crippen LogP contribution >= 0.6 is 0 Å². The number of piperidine rings is 1. The lowest BCUT2D eigenvalue weighted by Gasteiger charge is -2.49. The Hall–Kier alpha value is -0.650. The highest BCUT2D eigenvalue weighted by molar-refractivity contribution is 5.81. The second kappa shape index (κ2) is 6.63. The van der Waals surface area contributed by atoms with Crippen LogP contribution in [0.3, 0.4) is 0 Å². The first kappa shape index (κ1) is 15.3. The van der Waals surface area contributed by atoms with Crippen LogP contribution in [0.4, 0.5) is 0 Å². The molecule has 0 bridgehead atoms. The van der Waals surface area contributed by atoms with E-state index >= 15 is 0 Å². The van der Waals surface area contributed by atoms with Crippen LogP contribution in [0.15, 0.2) is 0 Å². The van der Waals surface area contributed by atoms with Gasteiger partial charge in [-0.15, -0.1) is 0 Å². The molecule has 1 amide bonds. The lowest BCUT2D eigenvalue weighted by molar-refractivity contribution is -0.140. The Labute approximate surface area is 128 Å². The quantitative estimate of drug-likeness (QED) is 0.798. The summed E-state index contributed by atoms with van der Waals surface area (Å²) in [7, 11) is 0. The maximum absolute atomic E-state index is 12.7. The standard InChI is InChI=1S/C16H30N4O/c1-13-11-19-8-4-3-5-15(19)12-20(13)14(2)16(21)18-9-6-17-7-10-18/h13-15,17H,3-12H2,1-2H3. The highest BCUT2D eigenvalue weighted by atomic mass is 16.2. The molecule has 3 unspecified atom stereocenters. The first-order valence-corrected chi connectivity index (χ1v) is 8.66. The Morgan fingerprint density at radius 2 is 1.90 bits per heavy atom. The van der Waals surface area contributed by atoms with Gasteiger partial charge in [0.1, 0.15) is 0 Å². The number of nitrogens with one attached hydrogen (secondary N) is 1. The summed E-state index contributed by atoms with van der Waals surface area (Å²) < 4.78 is 0. The number of rotatable bonds is 2. The number of carbonyl (C=O) groups excluding carboxylic acids is 1. The topological polar surface area (TPSA) is 38.8 Å². The fourth-order valence-electron chi connectivity index (χ4n) is 4.21. The van der Waals surface area contributed by atoms with Crippen LogP contribution < -0.4 is 5.32 Å². The van der Waals surface area contributed by atoms with Crippen LogP contribution in [0, 0.1) is 0 Å². The first-order valence-electron chi connectivity index (χ1n) is 8.66. The Morgan fingerprint density at radius 3 is 2.67 bits per heavy atom. The van der Waals surface area contributed by atoms with Crippen molar-refractivity contribution in [1.29, 1.82) is 0 Å². The van der Waals surface area contributed by atoms with Gasteiger partial charge in [-0.3, -0.25) is 14.6 Å². The maximum atomic E-state index is 12.7. The van der Waals surface area contributed by atoms with Crippen LogP contribution in [-0.4, -0.2) is 84.5 Å². The highest BCUT2D eigenvalue weighted by Gasteiger charge is 2.37. The van der Waals surface area contributed by atoms with E-state index in [2.05, 4.69) is 29.0 Å². The molecule has 0 radical (unpaired) electrons. The van der Waals surface area contributed by atoms with Gasteiger partial charge in [0.05, 0.1) is 6.04 Å². The van der Waals surface area contributed by atoms with Crippen molar-refractivity contribution in [3.05, 3.63) is 0 Å². The molecule has 3 heterocycles. The third kappa shape index (κ3) is 3.25. The van der Waals surface area contributed by atoms with E-state index in [9.17, 15) is 4.79 Å². The predicted octanol–water partition coefficient (Wildman–Crippen LogP) is 0.365. The Kier molecular flexibility index (Phi) is 4.82. The van der Waals surface area contributed by atoms with E-state index in [0.29, 0.717) is 18.0 Å². The Balaban J connectivity index is 1.62. The van der Waals surface area contributed by atoms with Crippen LogP contribution in [0.5, 0.6) is 0 Å². The monoisotopic (exact) mass is 294 g/mol. The minimum absolute atomic E-state index is 0.0298. The molecule has 21 heavy (non-hydrogen) atoms. The second-order valence-corrected chi connectivity index (χ2v) is 6.94. The number of amides is 1. The summed E-state index contributed by atoms with van der Waals surface area (Å²) in [5, 5.41) is 3.32. The molecule has 3 saturated heterocycles. The van der Waals surface area contributed by atoms with E-state index in [1.54, 1.807) is 0 Å². The minimum atomic E-state index is 0.0298. The number of hydrogen-bond donors (Lipinski definition) is 1. The number of piperazine rings is 2. The van der Waals surface area contributed by atoms with Crippen molar-refractivity contribution in [2.75, 3.05) is 45.8 Å². The summed E-state index contributed by atoms with van der Waals surface area (Å²) in [6.07, 6.45) is 4.00. The lowest BCUT2D eigenvalue weighted by Crippen LogP contribution is -2.63. The average Bonchev–Trinajstić information content (AvgIpc) is 2.53. The normalized spacial score (nSPS) is 33.5. The fraction of sp³-hybridized carbons (Fsp3) is 0.938. The molecular formula is C16H30N4O. The summed E-state index contributed by atoms with van der Waals surface area (Å²) in [5.41, 5.74) is 0. The van der Waals surface area contributed by atoms with Gasteiger partial charge in [-0.05, 0) is 33.2 Å². The maximum Gasteiger partial charge on any atom is 0.239 e. The van der Waals surface area contributed by atoms with E-state index in [4.69, 9.17) is 0 Å². The zero-order valence-corrected chi connectivity index (χ0v) is 13.6. The smallest absolute Gasteiger partial charge is 0.239 e. The summed E-state index contributed by atoms with van der Waals surface area (Å²) in [4.78, 5) is 19.9. The third-order valence-electron chi connectivity index (χ3n) is 5.52. The molecule has 0 aromatic carbocycles.